The lowest BCUT2D eigenvalue weighted by molar-refractivity contribution is -0.177. The van der Waals surface area contributed by atoms with Gasteiger partial charge in [0.25, 0.3) is 0 Å². The van der Waals surface area contributed by atoms with Crippen LogP contribution in [0.1, 0.15) is 57.7 Å². The van der Waals surface area contributed by atoms with Crippen LogP contribution in [0.15, 0.2) is 76.8 Å². The van der Waals surface area contributed by atoms with Gasteiger partial charge in [0.15, 0.2) is 15.8 Å². The number of amides is 2. The maximum atomic E-state index is 13.8. The number of carbonyl (C=O) groups excluding carboxylic acids is 2. The molecule has 3 aromatic carbocycles. The number of nitrogens with one attached hydrogen (secondary N) is 2. The van der Waals surface area contributed by atoms with E-state index in [4.69, 9.17) is 30.8 Å². The number of morpholine rings is 1. The van der Waals surface area contributed by atoms with Gasteiger partial charge in [-0.25, -0.2) is 8.42 Å². The molecular formula is C50H61ClN8O7S. The lowest BCUT2D eigenvalue weighted by atomic mass is 9.49. The smallest absolute Gasteiger partial charge is 0.244 e. The summed E-state index contributed by atoms with van der Waals surface area (Å²) in [5.41, 5.74) is 2.05. The highest BCUT2D eigenvalue weighted by Crippen LogP contribution is 2.56. The molecule has 2 N–H and O–H groups in total. The number of rotatable bonds is 11. The normalized spacial score (nSPS) is 26.4. The quantitative estimate of drug-likeness (QED) is 0.252. The van der Waals surface area contributed by atoms with E-state index in [1.165, 1.54) is 0 Å². The minimum Gasteiger partial charge on any atom is -0.489 e. The molecule has 1 spiro atoms. The van der Waals surface area contributed by atoms with Crippen molar-refractivity contribution in [2.45, 2.75) is 76.3 Å². The van der Waals surface area contributed by atoms with Gasteiger partial charge in [-0.15, -0.1) is 0 Å². The van der Waals surface area contributed by atoms with Crippen LogP contribution in [-0.2, 0) is 30.7 Å². The van der Waals surface area contributed by atoms with E-state index in [0.717, 1.165) is 49.7 Å². The molecule has 5 aliphatic heterocycles. The van der Waals surface area contributed by atoms with Crippen LogP contribution in [0, 0.1) is 34.0 Å². The summed E-state index contributed by atoms with van der Waals surface area (Å²) >= 11 is 6.29. The summed E-state index contributed by atoms with van der Waals surface area (Å²) in [6.07, 6.45) is 2.40. The Kier molecular flexibility index (Phi) is 12.4. The highest BCUT2D eigenvalue weighted by atomic mass is 35.5. The van der Waals surface area contributed by atoms with Gasteiger partial charge in [0.2, 0.25) is 11.8 Å². The molecule has 17 heteroatoms. The van der Waals surface area contributed by atoms with E-state index in [0.29, 0.717) is 66.2 Å². The van der Waals surface area contributed by atoms with Gasteiger partial charge in [0.05, 0.1) is 52.9 Å². The molecule has 1 aliphatic carbocycles. The molecule has 67 heavy (non-hydrogen) atoms. The largest absolute Gasteiger partial charge is 0.489 e. The topological polar surface area (TPSA) is 169 Å². The van der Waals surface area contributed by atoms with Gasteiger partial charge in [-0.3, -0.25) is 19.5 Å². The predicted molar refractivity (Wildman–Crippen MR) is 255 cm³/mol. The number of carbonyl (C=O) groups is 2. The number of aliphatic imine (C=N–C) groups is 1. The molecule has 0 radical (unpaired) electrons. The van der Waals surface area contributed by atoms with Crippen LogP contribution in [-0.4, -0.2) is 142 Å². The fourth-order valence-electron chi connectivity index (χ4n) is 11.6. The molecule has 5 heterocycles. The van der Waals surface area contributed by atoms with E-state index in [1.807, 2.05) is 25.4 Å². The molecule has 15 nitrogen and oxygen atoms in total. The summed E-state index contributed by atoms with van der Waals surface area (Å²) in [6.45, 7) is 16.1. The monoisotopic (exact) mass is 952 g/mol. The third-order valence-corrected chi connectivity index (χ3v) is 16.8. The van der Waals surface area contributed by atoms with Crippen molar-refractivity contribution >= 4 is 44.8 Å². The molecule has 3 saturated heterocycles. The highest BCUT2D eigenvalue weighted by Gasteiger charge is 2.64. The second kappa shape index (κ2) is 17.7. The van der Waals surface area contributed by atoms with E-state index in [-0.39, 0.29) is 68.9 Å². The third kappa shape index (κ3) is 8.78. The number of hydrogen-bond acceptors (Lipinski definition) is 13. The van der Waals surface area contributed by atoms with Gasteiger partial charge in [-0.05, 0) is 66.6 Å². The molecule has 0 bridgehead atoms. The second-order valence-corrected chi connectivity index (χ2v) is 23.0. The van der Waals surface area contributed by atoms with Crippen LogP contribution in [0.2, 0.25) is 5.02 Å². The Labute approximate surface area is 399 Å². The van der Waals surface area contributed by atoms with Crippen molar-refractivity contribution in [3.8, 4) is 23.3 Å². The number of halogens is 1. The standard InChI is InChI=1S/C50H61ClN8O7S/c1-8-67(62,63)36-15-16-41(38(22-36)39-27-56(6)44(61)42-37(39)17-18-53-42)65-34-12-9-31(10-13-34)25-58-28-50(29-58)30-59(19-20-64-50)47-54-24-33(26-57(47)7)43(60)55-45-48(2,3)46(49(45,4)5)66-35-14-11-32(23-52)40(51)21-35/h9-16,21-22,27,33,37,42,45-46,53H,8,17-20,24-26,28-30H2,1-7H3,(H,55,60). The molecule has 0 aromatic heterocycles. The van der Waals surface area contributed by atoms with Gasteiger partial charge in [-0.1, -0.05) is 58.4 Å². The number of benzene rings is 3. The predicted octanol–water partition coefficient (Wildman–Crippen LogP) is 5.39. The Balaban J connectivity index is 0.790. The summed E-state index contributed by atoms with van der Waals surface area (Å²) in [5.74, 6) is 2.24. The Bertz CT molecular complexity index is 2640. The first kappa shape index (κ1) is 46.9. The number of hydrogen-bond donors (Lipinski definition) is 2. The zero-order valence-corrected chi connectivity index (χ0v) is 40.9. The number of nitriles is 1. The summed E-state index contributed by atoms with van der Waals surface area (Å²) in [7, 11) is 0.255. The number of fused-ring (bicyclic) bond motifs is 1. The minimum absolute atomic E-state index is 0.000225. The number of nitrogens with zero attached hydrogens (tertiary/aromatic N) is 6. The summed E-state index contributed by atoms with van der Waals surface area (Å²) in [5, 5.41) is 16.3. The van der Waals surface area contributed by atoms with Gasteiger partial charge in [0.1, 0.15) is 35.0 Å². The molecule has 1 saturated carbocycles. The van der Waals surface area contributed by atoms with Crippen molar-refractivity contribution in [1.29, 1.82) is 5.26 Å². The van der Waals surface area contributed by atoms with Gasteiger partial charge >= 0.3 is 0 Å². The van der Waals surface area contributed by atoms with E-state index in [9.17, 15) is 23.3 Å². The zero-order chi connectivity index (χ0) is 47.6. The van der Waals surface area contributed by atoms with Gasteiger partial charge in [0, 0.05) is 87.4 Å². The number of sulfone groups is 1. The van der Waals surface area contributed by atoms with Gasteiger partial charge < -0.3 is 39.5 Å². The molecular weight excluding hydrogens is 892 g/mol. The average molecular weight is 954 g/mol. The Morgan fingerprint density at radius 2 is 1.76 bits per heavy atom. The lowest BCUT2D eigenvalue weighted by Gasteiger charge is -2.63. The molecule has 6 aliphatic rings. The van der Waals surface area contributed by atoms with Gasteiger partial charge in [-0.2, -0.15) is 5.26 Å². The van der Waals surface area contributed by atoms with Crippen LogP contribution >= 0.6 is 11.6 Å². The SMILES string of the molecule is CCS(=O)(=O)c1ccc(Oc2ccc(CN3CC4(C3)CN(C3=NCC(C(=O)NC5C(C)(C)C(Oc6ccc(C#N)c(Cl)c6)C5(C)C)CN3C)CCO4)cc2)c(C2=CN(C)C(=O)C3NCCC23)c1. The fourth-order valence-corrected chi connectivity index (χ4v) is 12.7. The average Bonchev–Trinajstić information content (AvgIpc) is 3.79. The van der Waals surface area contributed by atoms with E-state index in [2.05, 4.69) is 71.2 Å². The molecule has 4 fully saturated rings. The Morgan fingerprint density at radius 3 is 2.45 bits per heavy atom. The zero-order valence-electron chi connectivity index (χ0n) is 39.3. The first-order valence-corrected chi connectivity index (χ1v) is 25.2. The summed E-state index contributed by atoms with van der Waals surface area (Å²) in [6, 6.07) is 19.7. The number of likely N-dealkylation sites (tertiary alicyclic amines) is 1. The Morgan fingerprint density at radius 1 is 1.03 bits per heavy atom. The van der Waals surface area contributed by atoms with Crippen LogP contribution < -0.4 is 20.1 Å². The minimum atomic E-state index is -3.48. The van der Waals surface area contributed by atoms with Crippen molar-refractivity contribution < 1.29 is 32.2 Å². The molecule has 3 atom stereocenters. The second-order valence-electron chi connectivity index (χ2n) is 20.3. The summed E-state index contributed by atoms with van der Waals surface area (Å²) in [4.78, 5) is 40.3. The van der Waals surface area contributed by atoms with Crippen molar-refractivity contribution in [2.24, 2.45) is 27.7 Å². The molecule has 9 rings (SSSR count). The molecule has 3 aromatic rings. The Hall–Kier alpha value is -5.18. The maximum Gasteiger partial charge on any atom is 0.244 e. The highest BCUT2D eigenvalue weighted by molar-refractivity contribution is 7.91. The number of guanidine groups is 1. The maximum absolute atomic E-state index is 13.8. The fraction of sp³-hybridized carbons (Fsp3) is 0.520. The van der Waals surface area contributed by atoms with Crippen LogP contribution in [0.3, 0.4) is 0 Å². The first-order valence-electron chi connectivity index (χ1n) is 23.2. The van der Waals surface area contributed by atoms with E-state index < -0.39 is 9.84 Å². The molecule has 3 unspecified atom stereocenters. The van der Waals surface area contributed by atoms with Crippen molar-refractivity contribution in [3.63, 3.8) is 0 Å². The number of likely N-dealkylation sites (N-methyl/N-ethyl adjacent to an activating group) is 1. The molecule has 356 valence electrons. The lowest BCUT2D eigenvalue weighted by Crippen LogP contribution is -2.75. The summed E-state index contributed by atoms with van der Waals surface area (Å²) < 4.78 is 45.3. The van der Waals surface area contributed by atoms with Crippen molar-refractivity contribution in [3.05, 3.63) is 88.6 Å². The van der Waals surface area contributed by atoms with Crippen LogP contribution in [0.4, 0.5) is 0 Å². The number of ether oxygens (including phenoxy) is 3. The van der Waals surface area contributed by atoms with E-state index >= 15 is 0 Å². The third-order valence-electron chi connectivity index (χ3n) is 14.8. The van der Waals surface area contributed by atoms with Crippen LogP contribution in [0.5, 0.6) is 17.2 Å². The van der Waals surface area contributed by atoms with Crippen molar-refractivity contribution in [2.75, 3.05) is 72.3 Å². The van der Waals surface area contributed by atoms with E-state index in [1.54, 1.807) is 55.3 Å². The molecule has 2 amide bonds. The van der Waals surface area contributed by atoms with Crippen molar-refractivity contribution in [1.82, 2.24) is 30.2 Å². The van der Waals surface area contributed by atoms with Crippen LogP contribution in [0.25, 0.3) is 5.57 Å². The first-order chi connectivity index (χ1) is 31.8.